The summed E-state index contributed by atoms with van der Waals surface area (Å²) >= 11 is 0. The number of carbonyl (C=O) groups is 1. The third-order valence-electron chi connectivity index (χ3n) is 4.52. The van der Waals surface area contributed by atoms with Crippen LogP contribution in [0.1, 0.15) is 45.1 Å². The standard InChI is InChI=1S/C26H31NO5/c1-3-5-6-7-16-30-24-12-14-25(15-13-24)32-18-17-31-23-10-8-21(9-11-23)19-22(20-27)26(28)29-4-2/h8-15,19H,3-7,16-18H2,1-2H3. The van der Waals surface area contributed by atoms with Gasteiger partial charge in [-0.3, -0.25) is 0 Å². The molecule has 0 heterocycles. The normalized spacial score (nSPS) is 10.8. The fourth-order valence-electron chi connectivity index (χ4n) is 2.84. The van der Waals surface area contributed by atoms with Crippen molar-refractivity contribution in [1.82, 2.24) is 0 Å². The topological polar surface area (TPSA) is 77.8 Å². The highest BCUT2D eigenvalue weighted by atomic mass is 16.5. The molecule has 0 amide bonds. The number of rotatable bonds is 14. The van der Waals surface area contributed by atoms with E-state index in [1.54, 1.807) is 31.2 Å². The Hall–Kier alpha value is -3.46. The second kappa shape index (κ2) is 14.5. The van der Waals surface area contributed by atoms with Gasteiger partial charge in [0.15, 0.2) is 0 Å². The summed E-state index contributed by atoms with van der Waals surface area (Å²) in [6.07, 6.45) is 6.23. The second-order valence-corrected chi connectivity index (χ2v) is 7.04. The lowest BCUT2D eigenvalue weighted by molar-refractivity contribution is -0.137. The molecule has 2 aromatic rings. The minimum Gasteiger partial charge on any atom is -0.494 e. The molecule has 0 radical (unpaired) electrons. The number of esters is 1. The molecule has 0 aliphatic carbocycles. The average molecular weight is 438 g/mol. The summed E-state index contributed by atoms with van der Waals surface area (Å²) in [6, 6.07) is 16.6. The molecule has 0 bridgehead atoms. The second-order valence-electron chi connectivity index (χ2n) is 7.04. The Kier molecular flexibility index (Phi) is 11.3. The van der Waals surface area contributed by atoms with Crippen molar-refractivity contribution in [1.29, 1.82) is 5.26 Å². The minimum atomic E-state index is -0.626. The Bertz CT molecular complexity index is 882. The van der Waals surface area contributed by atoms with Crippen LogP contribution in [0.5, 0.6) is 17.2 Å². The molecular weight excluding hydrogens is 406 g/mol. The molecule has 32 heavy (non-hydrogen) atoms. The molecule has 0 N–H and O–H groups in total. The van der Waals surface area contributed by atoms with Gasteiger partial charge in [-0.25, -0.2) is 4.79 Å². The summed E-state index contributed by atoms with van der Waals surface area (Å²) in [5.41, 5.74) is 0.674. The highest BCUT2D eigenvalue weighted by Gasteiger charge is 2.09. The maximum atomic E-state index is 11.7. The highest BCUT2D eigenvalue weighted by molar-refractivity contribution is 5.97. The molecule has 0 unspecified atom stereocenters. The van der Waals surface area contributed by atoms with Gasteiger partial charge >= 0.3 is 5.97 Å². The SMILES string of the molecule is CCCCCCOc1ccc(OCCOc2ccc(C=C(C#N)C(=O)OCC)cc2)cc1. The summed E-state index contributed by atoms with van der Waals surface area (Å²) in [4.78, 5) is 11.7. The van der Waals surface area contributed by atoms with E-state index in [0.29, 0.717) is 24.5 Å². The molecule has 2 rings (SSSR count). The molecule has 0 atom stereocenters. The number of nitriles is 1. The fourth-order valence-corrected chi connectivity index (χ4v) is 2.84. The molecule has 0 aliphatic heterocycles. The van der Waals surface area contributed by atoms with Gasteiger partial charge in [-0.1, -0.05) is 38.3 Å². The molecule has 0 fully saturated rings. The first-order valence-electron chi connectivity index (χ1n) is 11.0. The van der Waals surface area contributed by atoms with E-state index in [-0.39, 0.29) is 12.2 Å². The molecule has 0 spiro atoms. The van der Waals surface area contributed by atoms with Gasteiger partial charge in [0.1, 0.15) is 42.1 Å². The van der Waals surface area contributed by atoms with Crippen LogP contribution < -0.4 is 14.2 Å². The molecule has 6 heteroatoms. The average Bonchev–Trinajstić information content (AvgIpc) is 2.82. The van der Waals surface area contributed by atoms with Crippen LogP contribution in [0.4, 0.5) is 0 Å². The number of unbranched alkanes of at least 4 members (excludes halogenated alkanes) is 3. The monoisotopic (exact) mass is 437 g/mol. The predicted octanol–water partition coefficient (Wildman–Crippen LogP) is 5.57. The van der Waals surface area contributed by atoms with Crippen molar-refractivity contribution >= 4 is 12.0 Å². The summed E-state index contributed by atoms with van der Waals surface area (Å²) in [5.74, 6) is 1.66. The molecule has 170 valence electrons. The number of carbonyl (C=O) groups excluding carboxylic acids is 1. The van der Waals surface area contributed by atoms with E-state index in [0.717, 1.165) is 24.5 Å². The zero-order valence-corrected chi connectivity index (χ0v) is 18.8. The molecule has 0 aliphatic rings. The molecule has 0 saturated carbocycles. The van der Waals surface area contributed by atoms with Gasteiger partial charge in [0.2, 0.25) is 0 Å². The molecule has 0 aromatic heterocycles. The summed E-state index contributed by atoms with van der Waals surface area (Å²) in [6.45, 7) is 5.65. The quantitative estimate of drug-likeness (QED) is 0.166. The van der Waals surface area contributed by atoms with Crippen molar-refractivity contribution in [2.45, 2.75) is 39.5 Å². The number of hydrogen-bond donors (Lipinski definition) is 0. The van der Waals surface area contributed by atoms with Crippen LogP contribution in [0.2, 0.25) is 0 Å². The molecule has 2 aromatic carbocycles. The van der Waals surface area contributed by atoms with Gasteiger partial charge in [-0.05, 0) is 61.4 Å². The van der Waals surface area contributed by atoms with Crippen molar-refractivity contribution in [2.75, 3.05) is 26.4 Å². The van der Waals surface area contributed by atoms with Crippen molar-refractivity contribution in [2.24, 2.45) is 0 Å². The molecular formula is C26H31NO5. The lowest BCUT2D eigenvalue weighted by atomic mass is 10.1. The van der Waals surface area contributed by atoms with Crippen LogP contribution in [0, 0.1) is 11.3 Å². The molecule has 0 saturated heterocycles. The Morgan fingerprint density at radius 1 is 0.812 bits per heavy atom. The minimum absolute atomic E-state index is 0.0400. The Balaban J connectivity index is 1.71. The van der Waals surface area contributed by atoms with E-state index in [1.807, 2.05) is 30.3 Å². The maximum absolute atomic E-state index is 11.7. The Labute approximate surface area is 190 Å². The third kappa shape index (κ3) is 9.13. The predicted molar refractivity (Wildman–Crippen MR) is 124 cm³/mol. The van der Waals surface area contributed by atoms with E-state index >= 15 is 0 Å². The first kappa shape index (κ1) is 24.8. The largest absolute Gasteiger partial charge is 0.494 e. The van der Waals surface area contributed by atoms with Gasteiger partial charge in [-0.2, -0.15) is 5.26 Å². The van der Waals surface area contributed by atoms with E-state index < -0.39 is 5.97 Å². The Morgan fingerprint density at radius 2 is 1.34 bits per heavy atom. The van der Waals surface area contributed by atoms with Crippen LogP contribution >= 0.6 is 0 Å². The van der Waals surface area contributed by atoms with Gasteiger partial charge < -0.3 is 18.9 Å². The van der Waals surface area contributed by atoms with Crippen molar-refractivity contribution in [3.63, 3.8) is 0 Å². The van der Waals surface area contributed by atoms with Crippen molar-refractivity contribution in [3.05, 3.63) is 59.7 Å². The number of benzene rings is 2. The summed E-state index contributed by atoms with van der Waals surface area (Å²) in [7, 11) is 0. The van der Waals surface area contributed by atoms with Crippen LogP contribution in [0.15, 0.2) is 54.1 Å². The third-order valence-corrected chi connectivity index (χ3v) is 4.52. The van der Waals surface area contributed by atoms with Gasteiger partial charge in [0, 0.05) is 0 Å². The van der Waals surface area contributed by atoms with Crippen molar-refractivity contribution in [3.8, 4) is 23.3 Å². The Morgan fingerprint density at radius 3 is 1.84 bits per heavy atom. The van der Waals surface area contributed by atoms with Gasteiger partial charge in [0.05, 0.1) is 13.2 Å². The van der Waals surface area contributed by atoms with E-state index in [4.69, 9.17) is 24.2 Å². The first-order chi connectivity index (χ1) is 15.7. The van der Waals surface area contributed by atoms with Gasteiger partial charge in [-0.15, -0.1) is 0 Å². The number of ether oxygens (including phenoxy) is 4. The summed E-state index contributed by atoms with van der Waals surface area (Å²) < 4.78 is 22.0. The van der Waals surface area contributed by atoms with E-state index in [9.17, 15) is 4.79 Å². The van der Waals surface area contributed by atoms with E-state index in [2.05, 4.69) is 6.92 Å². The van der Waals surface area contributed by atoms with Gasteiger partial charge in [0.25, 0.3) is 0 Å². The number of hydrogen-bond acceptors (Lipinski definition) is 6. The zero-order valence-electron chi connectivity index (χ0n) is 18.8. The fraction of sp³-hybridized carbons (Fsp3) is 0.385. The first-order valence-corrected chi connectivity index (χ1v) is 11.0. The smallest absolute Gasteiger partial charge is 0.348 e. The molecule has 6 nitrogen and oxygen atoms in total. The lowest BCUT2D eigenvalue weighted by Gasteiger charge is -2.10. The maximum Gasteiger partial charge on any atom is 0.348 e. The number of nitrogens with zero attached hydrogens (tertiary/aromatic N) is 1. The van der Waals surface area contributed by atoms with E-state index in [1.165, 1.54) is 25.3 Å². The summed E-state index contributed by atoms with van der Waals surface area (Å²) in [5, 5.41) is 9.09. The zero-order chi connectivity index (χ0) is 23.0. The highest BCUT2D eigenvalue weighted by Crippen LogP contribution is 2.19. The van der Waals surface area contributed by atoms with Crippen molar-refractivity contribution < 1.29 is 23.7 Å². The van der Waals surface area contributed by atoms with Crippen LogP contribution in [-0.4, -0.2) is 32.4 Å². The van der Waals surface area contributed by atoms with Crippen LogP contribution in [-0.2, 0) is 9.53 Å². The van der Waals surface area contributed by atoms with Crippen LogP contribution in [0.25, 0.3) is 6.08 Å². The lowest BCUT2D eigenvalue weighted by Crippen LogP contribution is -2.09. The van der Waals surface area contributed by atoms with Crippen LogP contribution in [0.3, 0.4) is 0 Å².